The topological polar surface area (TPSA) is 136 Å². The number of nitro groups is 1. The van der Waals surface area contributed by atoms with E-state index in [1.807, 2.05) is 0 Å². The minimum Gasteiger partial charge on any atom is -0.481 e. The van der Waals surface area contributed by atoms with Crippen molar-refractivity contribution in [2.45, 2.75) is 25.8 Å². The number of carbonyl (C=O) groups is 2. The van der Waals surface area contributed by atoms with Gasteiger partial charge in [-0.05, 0) is 19.9 Å². The lowest BCUT2D eigenvalue weighted by Crippen LogP contribution is -2.34. The third kappa shape index (κ3) is 3.94. The Balaban J connectivity index is 3.15. The zero-order valence-electron chi connectivity index (χ0n) is 11.0. The highest BCUT2D eigenvalue weighted by Gasteiger charge is 2.24. The van der Waals surface area contributed by atoms with E-state index in [-0.39, 0.29) is 23.4 Å². The zero-order chi connectivity index (χ0) is 15.5. The molecule has 0 aliphatic rings. The first-order chi connectivity index (χ1) is 9.12. The number of nitrogens with zero attached hydrogens (tertiary/aromatic N) is 1. The van der Waals surface area contributed by atoms with Crippen LogP contribution in [0.25, 0.3) is 0 Å². The third-order valence-electron chi connectivity index (χ3n) is 2.55. The monoisotopic (exact) mass is 281 g/mol. The molecule has 0 unspecified atom stereocenters. The summed E-state index contributed by atoms with van der Waals surface area (Å²) in [6, 6.07) is 3.61. The Morgan fingerprint density at radius 3 is 2.50 bits per heavy atom. The average molecular weight is 281 g/mol. The molecule has 8 heteroatoms. The smallest absolute Gasteiger partial charge is 0.305 e. The van der Waals surface area contributed by atoms with Gasteiger partial charge in [-0.2, -0.15) is 0 Å². The van der Waals surface area contributed by atoms with Gasteiger partial charge in [0.05, 0.1) is 16.9 Å². The minimum absolute atomic E-state index is 0.0577. The van der Waals surface area contributed by atoms with Gasteiger partial charge in [0.1, 0.15) is 0 Å². The van der Waals surface area contributed by atoms with Crippen LogP contribution in [0.15, 0.2) is 18.2 Å². The van der Waals surface area contributed by atoms with Crippen LogP contribution in [-0.2, 0) is 4.79 Å². The molecule has 0 saturated carbocycles. The molecule has 1 aromatic carbocycles. The average Bonchev–Trinajstić information content (AvgIpc) is 2.26. The highest BCUT2D eigenvalue weighted by molar-refractivity contribution is 5.99. The first-order valence-electron chi connectivity index (χ1n) is 5.70. The van der Waals surface area contributed by atoms with Crippen LogP contribution in [0.3, 0.4) is 0 Å². The summed E-state index contributed by atoms with van der Waals surface area (Å²) in [5.74, 6) is -1.84. The van der Waals surface area contributed by atoms with Crippen molar-refractivity contribution in [1.82, 2.24) is 0 Å². The summed E-state index contributed by atoms with van der Waals surface area (Å²) < 4.78 is 0. The van der Waals surface area contributed by atoms with E-state index >= 15 is 0 Å². The van der Waals surface area contributed by atoms with Gasteiger partial charge in [0.15, 0.2) is 0 Å². The number of non-ortho nitro benzene ring substituents is 1. The Bertz CT molecular complexity index is 568. The van der Waals surface area contributed by atoms with Gasteiger partial charge < -0.3 is 16.2 Å². The molecule has 0 aromatic heterocycles. The summed E-state index contributed by atoms with van der Waals surface area (Å²) in [4.78, 5) is 32.1. The second-order valence-electron chi connectivity index (χ2n) is 4.93. The molecule has 1 rings (SSSR count). The fraction of sp³-hybridized carbons (Fsp3) is 0.333. The molecule has 0 aliphatic heterocycles. The maximum Gasteiger partial charge on any atom is 0.305 e. The molecule has 0 aliphatic carbocycles. The number of anilines is 1. The Hall–Kier alpha value is -2.64. The van der Waals surface area contributed by atoms with Gasteiger partial charge >= 0.3 is 5.97 Å². The molecular formula is C12H15N3O5. The summed E-state index contributed by atoms with van der Waals surface area (Å²) in [5, 5.41) is 22.3. The molecule has 0 radical (unpaired) electrons. The Morgan fingerprint density at radius 2 is 2.05 bits per heavy atom. The molecular weight excluding hydrogens is 266 g/mol. The zero-order valence-corrected chi connectivity index (χ0v) is 11.0. The van der Waals surface area contributed by atoms with Crippen LogP contribution in [0.4, 0.5) is 11.4 Å². The molecule has 0 saturated heterocycles. The summed E-state index contributed by atoms with van der Waals surface area (Å²) in [6.07, 6.45) is -0.192. The number of carboxylic acids is 1. The van der Waals surface area contributed by atoms with E-state index in [1.165, 1.54) is 12.1 Å². The molecule has 0 atom stereocenters. The number of nitrogens with two attached hydrogens (primary N) is 1. The molecule has 8 nitrogen and oxygen atoms in total. The largest absolute Gasteiger partial charge is 0.481 e. The van der Waals surface area contributed by atoms with Crippen molar-refractivity contribution in [1.29, 1.82) is 0 Å². The number of hydrogen-bond donors (Lipinski definition) is 3. The number of primary amides is 1. The second-order valence-corrected chi connectivity index (χ2v) is 4.93. The van der Waals surface area contributed by atoms with Crippen molar-refractivity contribution in [3.8, 4) is 0 Å². The summed E-state index contributed by atoms with van der Waals surface area (Å²) in [7, 11) is 0. The highest BCUT2D eigenvalue weighted by atomic mass is 16.6. The number of hydrogen-bond acceptors (Lipinski definition) is 5. The molecule has 20 heavy (non-hydrogen) atoms. The number of benzene rings is 1. The van der Waals surface area contributed by atoms with Crippen LogP contribution in [0.2, 0.25) is 0 Å². The van der Waals surface area contributed by atoms with Gasteiger partial charge in [0, 0.05) is 23.4 Å². The van der Waals surface area contributed by atoms with Gasteiger partial charge in [-0.1, -0.05) is 0 Å². The van der Waals surface area contributed by atoms with Gasteiger partial charge in [0.25, 0.3) is 11.6 Å². The molecule has 108 valence electrons. The number of nitrogens with one attached hydrogen (secondary N) is 1. The Kier molecular flexibility index (Phi) is 4.28. The van der Waals surface area contributed by atoms with Crippen molar-refractivity contribution < 1.29 is 19.6 Å². The lowest BCUT2D eigenvalue weighted by atomic mass is 9.99. The van der Waals surface area contributed by atoms with E-state index < -0.39 is 22.3 Å². The Morgan fingerprint density at radius 1 is 1.45 bits per heavy atom. The standard InChI is InChI=1S/C12H15N3O5/c1-12(2,6-10(16)17)14-9-4-3-7(15(19)20)5-8(9)11(13)18/h3-5,14H,6H2,1-2H3,(H2,13,18)(H,16,17). The van der Waals surface area contributed by atoms with E-state index in [1.54, 1.807) is 13.8 Å². The summed E-state index contributed by atoms with van der Waals surface area (Å²) in [6.45, 7) is 3.26. The first-order valence-corrected chi connectivity index (χ1v) is 5.70. The van der Waals surface area contributed by atoms with Crippen molar-refractivity contribution in [3.63, 3.8) is 0 Å². The lowest BCUT2D eigenvalue weighted by Gasteiger charge is -2.26. The third-order valence-corrected chi connectivity index (χ3v) is 2.55. The maximum atomic E-state index is 11.3. The fourth-order valence-corrected chi connectivity index (χ4v) is 1.75. The quantitative estimate of drug-likeness (QED) is 0.532. The number of aliphatic carboxylic acids is 1. The van der Waals surface area contributed by atoms with Gasteiger partial charge in [0.2, 0.25) is 0 Å². The fourth-order valence-electron chi connectivity index (χ4n) is 1.75. The molecule has 0 heterocycles. The molecule has 0 bridgehead atoms. The highest BCUT2D eigenvalue weighted by Crippen LogP contribution is 2.25. The van der Waals surface area contributed by atoms with Crippen LogP contribution in [0.1, 0.15) is 30.6 Å². The van der Waals surface area contributed by atoms with Crippen LogP contribution in [-0.4, -0.2) is 27.4 Å². The Labute approximate surface area is 114 Å². The maximum absolute atomic E-state index is 11.3. The van der Waals surface area contributed by atoms with E-state index in [4.69, 9.17) is 10.8 Å². The van der Waals surface area contributed by atoms with Gasteiger partial charge in [-0.15, -0.1) is 0 Å². The number of nitro benzene ring substituents is 1. The number of carbonyl (C=O) groups excluding carboxylic acids is 1. The van der Waals surface area contributed by atoms with E-state index in [9.17, 15) is 19.7 Å². The van der Waals surface area contributed by atoms with Crippen LogP contribution in [0, 0.1) is 10.1 Å². The molecule has 1 amide bonds. The van der Waals surface area contributed by atoms with Crippen molar-refractivity contribution in [2.24, 2.45) is 5.73 Å². The van der Waals surface area contributed by atoms with Gasteiger partial charge in [-0.25, -0.2) is 0 Å². The van der Waals surface area contributed by atoms with Crippen molar-refractivity contribution >= 4 is 23.3 Å². The van der Waals surface area contributed by atoms with E-state index in [0.717, 1.165) is 6.07 Å². The predicted octanol–water partition coefficient (Wildman–Crippen LogP) is 1.36. The SMILES string of the molecule is CC(C)(CC(=O)O)Nc1ccc([N+](=O)[O-])cc1C(N)=O. The number of amides is 1. The molecule has 1 aromatic rings. The number of carboxylic acid groups (broad SMARTS) is 1. The molecule has 0 spiro atoms. The minimum atomic E-state index is -1.01. The van der Waals surface area contributed by atoms with Crippen molar-refractivity contribution in [3.05, 3.63) is 33.9 Å². The summed E-state index contributed by atoms with van der Waals surface area (Å²) >= 11 is 0. The predicted molar refractivity (Wildman–Crippen MR) is 71.6 cm³/mol. The number of rotatable bonds is 6. The van der Waals surface area contributed by atoms with E-state index in [0.29, 0.717) is 0 Å². The lowest BCUT2D eigenvalue weighted by molar-refractivity contribution is -0.384. The van der Waals surface area contributed by atoms with Crippen LogP contribution < -0.4 is 11.1 Å². The second kappa shape index (κ2) is 5.55. The van der Waals surface area contributed by atoms with Crippen molar-refractivity contribution in [2.75, 3.05) is 5.32 Å². The van der Waals surface area contributed by atoms with E-state index in [2.05, 4.69) is 5.32 Å². The summed E-state index contributed by atoms with van der Waals surface area (Å²) in [5.41, 5.74) is 4.28. The van der Waals surface area contributed by atoms with Gasteiger partial charge in [-0.3, -0.25) is 19.7 Å². The molecule has 0 fully saturated rings. The normalized spacial score (nSPS) is 10.9. The van der Waals surface area contributed by atoms with Crippen LogP contribution in [0.5, 0.6) is 0 Å². The molecule has 4 N–H and O–H groups in total. The van der Waals surface area contributed by atoms with Crippen LogP contribution >= 0.6 is 0 Å². The first kappa shape index (κ1) is 15.4.